The quantitative estimate of drug-likeness (QED) is 0.236. The smallest absolute Gasteiger partial charge is 0.230 e. The van der Waals surface area contributed by atoms with Gasteiger partial charge in [0.25, 0.3) is 0 Å². The zero-order valence-corrected chi connectivity index (χ0v) is 18.0. The minimum atomic E-state index is 0.0960. The van der Waals surface area contributed by atoms with E-state index in [-0.39, 0.29) is 5.91 Å². The van der Waals surface area contributed by atoms with Crippen LogP contribution >= 0.6 is 36.6 Å². The van der Waals surface area contributed by atoms with Gasteiger partial charge in [-0.3, -0.25) is 4.79 Å². The van der Waals surface area contributed by atoms with E-state index >= 15 is 0 Å². The molecule has 0 spiro atoms. The van der Waals surface area contributed by atoms with E-state index in [4.69, 9.17) is 12.2 Å². The normalized spacial score (nSPS) is 10.6. The molecule has 0 saturated heterocycles. The molecule has 0 aromatic rings. The van der Waals surface area contributed by atoms with Crippen LogP contribution in [0.5, 0.6) is 0 Å². The Bertz CT molecular complexity index is 323. The second kappa shape index (κ2) is 17.9. The summed E-state index contributed by atoms with van der Waals surface area (Å²) in [5.41, 5.74) is 0. The number of nitrogens with one attached hydrogen (secondary N) is 1. The van der Waals surface area contributed by atoms with Crippen LogP contribution in [0.4, 0.5) is 0 Å². The second-order valence-corrected chi connectivity index (χ2v) is 8.04. The summed E-state index contributed by atoms with van der Waals surface area (Å²) in [4.78, 5) is 13.9. The number of amides is 1. The van der Waals surface area contributed by atoms with E-state index in [9.17, 15) is 4.79 Å². The monoisotopic (exact) mass is 392 g/mol. The van der Waals surface area contributed by atoms with E-state index in [1.165, 1.54) is 63.1 Å². The molecule has 0 aromatic heterocycles. The van der Waals surface area contributed by atoms with Crippen LogP contribution in [0.15, 0.2) is 0 Å². The van der Waals surface area contributed by atoms with Crippen molar-refractivity contribution in [3.8, 4) is 0 Å². The number of hydrogen-bond donors (Lipinski definition) is 2. The summed E-state index contributed by atoms with van der Waals surface area (Å²) in [5, 5.41) is 2.99. The lowest BCUT2D eigenvalue weighted by Crippen LogP contribution is -2.30. The van der Waals surface area contributed by atoms with Crippen molar-refractivity contribution in [1.82, 2.24) is 10.2 Å². The van der Waals surface area contributed by atoms with E-state index in [0.29, 0.717) is 5.75 Å². The Balaban J connectivity index is 3.39. The van der Waals surface area contributed by atoms with E-state index in [1.54, 1.807) is 0 Å². The SMILES string of the molecule is CCN(CC)C(=S)SCC(=O)NCCCCCCCCCCCS. The summed E-state index contributed by atoms with van der Waals surface area (Å²) >= 11 is 11.0. The first-order chi connectivity index (χ1) is 11.7. The fraction of sp³-hybridized carbons (Fsp3) is 0.889. The lowest BCUT2D eigenvalue weighted by molar-refractivity contribution is -0.118. The lowest BCUT2D eigenvalue weighted by atomic mass is 10.1. The Morgan fingerprint density at radius 2 is 1.46 bits per heavy atom. The van der Waals surface area contributed by atoms with E-state index in [2.05, 4.69) is 36.7 Å². The third-order valence-electron chi connectivity index (χ3n) is 4.01. The molecule has 0 aliphatic carbocycles. The van der Waals surface area contributed by atoms with Gasteiger partial charge in [-0.25, -0.2) is 0 Å². The summed E-state index contributed by atoms with van der Waals surface area (Å²) in [6.07, 6.45) is 11.5. The molecule has 3 nitrogen and oxygen atoms in total. The van der Waals surface area contributed by atoms with Crippen molar-refractivity contribution in [2.75, 3.05) is 31.1 Å². The van der Waals surface area contributed by atoms with Crippen LogP contribution in [0.2, 0.25) is 0 Å². The number of unbranched alkanes of at least 4 members (excludes halogenated alkanes) is 8. The van der Waals surface area contributed by atoms with Crippen molar-refractivity contribution in [3.63, 3.8) is 0 Å². The van der Waals surface area contributed by atoms with E-state index in [1.807, 2.05) is 0 Å². The number of rotatable bonds is 15. The summed E-state index contributed by atoms with van der Waals surface area (Å²) in [5.74, 6) is 1.55. The van der Waals surface area contributed by atoms with Crippen LogP contribution in [-0.4, -0.2) is 46.3 Å². The van der Waals surface area contributed by atoms with E-state index < -0.39 is 0 Å². The van der Waals surface area contributed by atoms with Gasteiger partial charge in [0.15, 0.2) is 0 Å². The van der Waals surface area contributed by atoms with Gasteiger partial charge in [-0.15, -0.1) is 0 Å². The molecule has 142 valence electrons. The van der Waals surface area contributed by atoms with Gasteiger partial charge >= 0.3 is 0 Å². The summed E-state index contributed by atoms with van der Waals surface area (Å²) < 4.78 is 0.824. The number of carbonyl (C=O) groups excluding carboxylic acids is 1. The topological polar surface area (TPSA) is 32.3 Å². The molecule has 0 saturated carbocycles. The third-order valence-corrected chi connectivity index (χ3v) is 5.85. The molecule has 0 fully saturated rings. The number of thiocarbonyl (C=S) groups is 1. The Labute approximate surface area is 164 Å². The number of hydrogen-bond acceptors (Lipinski definition) is 4. The van der Waals surface area contributed by atoms with Crippen molar-refractivity contribution < 1.29 is 4.79 Å². The van der Waals surface area contributed by atoms with Crippen molar-refractivity contribution >= 4 is 46.8 Å². The minimum absolute atomic E-state index is 0.0960. The maximum absolute atomic E-state index is 11.8. The Morgan fingerprint density at radius 3 is 1.96 bits per heavy atom. The van der Waals surface area contributed by atoms with Gasteiger partial charge in [0.05, 0.1) is 5.75 Å². The third kappa shape index (κ3) is 14.4. The molecule has 1 amide bonds. The zero-order chi connectivity index (χ0) is 18.0. The standard InChI is InChI=1S/C18H36N2OS3/c1-3-20(4-2)18(23)24-16-17(21)19-14-12-10-8-6-5-7-9-11-13-15-22/h22H,3-16H2,1-2H3,(H,19,21). The van der Waals surface area contributed by atoms with Crippen LogP contribution in [0.25, 0.3) is 0 Å². The zero-order valence-electron chi connectivity index (χ0n) is 15.5. The number of carbonyl (C=O) groups is 1. The lowest BCUT2D eigenvalue weighted by Gasteiger charge is -2.20. The van der Waals surface area contributed by atoms with Gasteiger partial charge in [-0.1, -0.05) is 68.9 Å². The van der Waals surface area contributed by atoms with Gasteiger partial charge in [-0.05, 0) is 32.4 Å². The van der Waals surface area contributed by atoms with Crippen molar-refractivity contribution in [1.29, 1.82) is 0 Å². The van der Waals surface area contributed by atoms with Crippen molar-refractivity contribution in [3.05, 3.63) is 0 Å². The second-order valence-electron chi connectivity index (χ2n) is 5.98. The molecule has 0 rings (SSSR count). The first-order valence-electron chi connectivity index (χ1n) is 9.44. The first-order valence-corrected chi connectivity index (χ1v) is 11.5. The Morgan fingerprint density at radius 1 is 0.958 bits per heavy atom. The molecule has 6 heteroatoms. The van der Waals surface area contributed by atoms with Gasteiger partial charge in [0.1, 0.15) is 4.32 Å². The summed E-state index contributed by atoms with van der Waals surface area (Å²) in [7, 11) is 0. The fourth-order valence-electron chi connectivity index (χ4n) is 2.45. The highest BCUT2D eigenvalue weighted by molar-refractivity contribution is 8.23. The van der Waals surface area contributed by atoms with Crippen LogP contribution in [0, 0.1) is 0 Å². The first kappa shape index (κ1) is 24.1. The molecule has 0 bridgehead atoms. The van der Waals surface area contributed by atoms with Gasteiger partial charge in [0.2, 0.25) is 5.91 Å². The molecule has 0 unspecified atom stereocenters. The maximum atomic E-state index is 11.8. The summed E-state index contributed by atoms with van der Waals surface area (Å²) in [6, 6.07) is 0. The average molecular weight is 393 g/mol. The van der Waals surface area contributed by atoms with Crippen molar-refractivity contribution in [2.45, 2.75) is 71.6 Å². The van der Waals surface area contributed by atoms with Crippen LogP contribution in [0.1, 0.15) is 71.6 Å². The van der Waals surface area contributed by atoms with E-state index in [0.717, 1.165) is 36.1 Å². The van der Waals surface area contributed by atoms with Crippen LogP contribution in [0.3, 0.4) is 0 Å². The number of nitrogens with zero attached hydrogens (tertiary/aromatic N) is 1. The highest BCUT2D eigenvalue weighted by Gasteiger charge is 2.08. The number of thioether (sulfide) groups is 1. The van der Waals surface area contributed by atoms with Gasteiger partial charge < -0.3 is 10.2 Å². The predicted molar refractivity (Wildman–Crippen MR) is 116 cm³/mol. The van der Waals surface area contributed by atoms with Crippen molar-refractivity contribution in [2.24, 2.45) is 0 Å². The molecular formula is C18H36N2OS3. The molecule has 24 heavy (non-hydrogen) atoms. The number of thiol groups is 1. The molecular weight excluding hydrogens is 356 g/mol. The maximum Gasteiger partial charge on any atom is 0.230 e. The molecule has 0 aliphatic rings. The molecule has 1 N–H and O–H groups in total. The Hall–Kier alpha value is 0.0600. The molecule has 0 aliphatic heterocycles. The molecule has 0 heterocycles. The highest BCUT2D eigenvalue weighted by atomic mass is 32.2. The minimum Gasteiger partial charge on any atom is -0.358 e. The van der Waals surface area contributed by atoms with Gasteiger partial charge in [0, 0.05) is 19.6 Å². The Kier molecular flexibility index (Phi) is 17.9. The fourth-order valence-corrected chi connectivity index (χ4v) is 3.91. The van der Waals surface area contributed by atoms with Crippen LogP contribution < -0.4 is 5.32 Å². The molecule has 0 aromatic carbocycles. The average Bonchev–Trinajstić information content (AvgIpc) is 2.59. The largest absolute Gasteiger partial charge is 0.358 e. The highest BCUT2D eigenvalue weighted by Crippen LogP contribution is 2.10. The molecule has 0 atom stereocenters. The van der Waals surface area contributed by atoms with Crippen LogP contribution in [-0.2, 0) is 4.79 Å². The summed E-state index contributed by atoms with van der Waals surface area (Å²) in [6.45, 7) is 6.76. The van der Waals surface area contributed by atoms with Gasteiger partial charge in [-0.2, -0.15) is 12.6 Å². The predicted octanol–water partition coefficient (Wildman–Crippen LogP) is 4.90. The molecule has 0 radical (unpaired) electrons.